The largest absolute Gasteiger partial charge is 0.399 e. The lowest BCUT2D eigenvalue weighted by molar-refractivity contribution is -0.117. The number of amides is 1. The number of carbonyl (C=O) groups excluding carboxylic acids is 1. The van der Waals surface area contributed by atoms with Crippen LogP contribution in [0, 0.1) is 6.92 Å². The molecule has 1 aromatic rings. The predicted octanol–water partition coefficient (Wildman–Crippen LogP) is 1.71. The number of benzene rings is 1. The zero-order valence-electron chi connectivity index (χ0n) is 10.4. The van der Waals surface area contributed by atoms with Crippen LogP contribution in [0.1, 0.15) is 5.56 Å². The van der Waals surface area contributed by atoms with E-state index < -0.39 is 13.0 Å². The van der Waals surface area contributed by atoms with Gasteiger partial charge in [0.25, 0.3) is 6.43 Å². The number of anilines is 2. The summed E-state index contributed by atoms with van der Waals surface area (Å²) in [6.45, 7) is 1.32. The second-order valence-corrected chi connectivity index (χ2v) is 4.21. The lowest BCUT2D eigenvalue weighted by Gasteiger charge is -2.16. The first kappa shape index (κ1) is 14.4. The number of alkyl halides is 2. The van der Waals surface area contributed by atoms with Gasteiger partial charge >= 0.3 is 0 Å². The Balaban J connectivity index is 2.54. The molecule has 0 unspecified atom stereocenters. The van der Waals surface area contributed by atoms with Crippen LogP contribution in [0.4, 0.5) is 20.2 Å². The van der Waals surface area contributed by atoms with Crippen LogP contribution in [0.2, 0.25) is 0 Å². The van der Waals surface area contributed by atoms with Crippen LogP contribution in [-0.4, -0.2) is 37.4 Å². The van der Waals surface area contributed by atoms with Crippen molar-refractivity contribution in [3.05, 3.63) is 23.8 Å². The molecule has 0 aliphatic rings. The van der Waals surface area contributed by atoms with Crippen molar-refractivity contribution in [1.82, 2.24) is 4.90 Å². The number of likely N-dealkylation sites (N-methyl/N-ethyl adjacent to an activating group) is 1. The van der Waals surface area contributed by atoms with Crippen LogP contribution in [0.15, 0.2) is 18.2 Å². The average molecular weight is 257 g/mol. The first-order chi connectivity index (χ1) is 8.38. The molecule has 0 saturated heterocycles. The molecule has 0 aliphatic carbocycles. The smallest absolute Gasteiger partial charge is 0.251 e. The number of nitrogens with two attached hydrogens (primary N) is 1. The van der Waals surface area contributed by atoms with Crippen LogP contribution in [0.3, 0.4) is 0 Å². The predicted molar refractivity (Wildman–Crippen MR) is 67.7 cm³/mol. The van der Waals surface area contributed by atoms with Gasteiger partial charge in [-0.1, -0.05) is 0 Å². The summed E-state index contributed by atoms with van der Waals surface area (Å²) < 4.78 is 24.2. The normalized spacial score (nSPS) is 11.0. The van der Waals surface area contributed by atoms with E-state index in [-0.39, 0.29) is 12.5 Å². The van der Waals surface area contributed by atoms with E-state index in [0.717, 1.165) is 5.56 Å². The molecular weight excluding hydrogens is 240 g/mol. The lowest BCUT2D eigenvalue weighted by Crippen LogP contribution is -2.33. The molecule has 0 aromatic heterocycles. The second-order valence-electron chi connectivity index (χ2n) is 4.21. The number of rotatable bonds is 5. The molecule has 0 fully saturated rings. The van der Waals surface area contributed by atoms with Gasteiger partial charge in [0.15, 0.2) is 0 Å². The molecule has 0 heterocycles. The summed E-state index contributed by atoms with van der Waals surface area (Å²) in [4.78, 5) is 12.9. The summed E-state index contributed by atoms with van der Waals surface area (Å²) in [7, 11) is 1.47. The number of nitrogen functional groups attached to an aromatic ring is 1. The molecule has 0 spiro atoms. The topological polar surface area (TPSA) is 58.4 Å². The standard InChI is InChI=1S/C12H17F2N3O/c1-8-5-9(15)3-4-10(8)16-12(18)7-17(2)6-11(13)14/h3-5,11H,6-7,15H2,1-2H3,(H,16,18). The van der Waals surface area contributed by atoms with Crippen molar-refractivity contribution >= 4 is 17.3 Å². The fourth-order valence-corrected chi connectivity index (χ4v) is 1.56. The maximum atomic E-state index is 12.1. The molecular formula is C12H17F2N3O. The van der Waals surface area contributed by atoms with Gasteiger partial charge in [0, 0.05) is 11.4 Å². The first-order valence-corrected chi connectivity index (χ1v) is 5.51. The van der Waals surface area contributed by atoms with E-state index in [2.05, 4.69) is 5.32 Å². The molecule has 3 N–H and O–H groups in total. The summed E-state index contributed by atoms with van der Waals surface area (Å²) in [6.07, 6.45) is -2.44. The van der Waals surface area contributed by atoms with Crippen LogP contribution in [0.25, 0.3) is 0 Å². The van der Waals surface area contributed by atoms with Crippen LogP contribution in [-0.2, 0) is 4.79 Å². The van der Waals surface area contributed by atoms with E-state index in [1.165, 1.54) is 11.9 Å². The fourth-order valence-electron chi connectivity index (χ4n) is 1.56. The summed E-state index contributed by atoms with van der Waals surface area (Å²) >= 11 is 0. The highest BCUT2D eigenvalue weighted by atomic mass is 19.3. The van der Waals surface area contributed by atoms with E-state index in [9.17, 15) is 13.6 Å². The minimum atomic E-state index is -2.44. The van der Waals surface area contributed by atoms with Gasteiger partial charge in [-0.05, 0) is 37.7 Å². The fraction of sp³-hybridized carbons (Fsp3) is 0.417. The molecule has 100 valence electrons. The summed E-state index contributed by atoms with van der Waals surface area (Å²) in [5.41, 5.74) is 7.67. The first-order valence-electron chi connectivity index (χ1n) is 5.51. The average Bonchev–Trinajstić information content (AvgIpc) is 2.20. The van der Waals surface area contributed by atoms with Crippen molar-refractivity contribution in [2.45, 2.75) is 13.3 Å². The van der Waals surface area contributed by atoms with Crippen LogP contribution >= 0.6 is 0 Å². The summed E-state index contributed by atoms with van der Waals surface area (Å²) in [5, 5.41) is 2.66. The summed E-state index contributed by atoms with van der Waals surface area (Å²) in [6, 6.07) is 5.10. The number of aryl methyl sites for hydroxylation is 1. The Bertz CT molecular complexity index is 424. The maximum absolute atomic E-state index is 12.1. The Hall–Kier alpha value is -1.69. The third-order valence-corrected chi connectivity index (χ3v) is 2.39. The molecule has 4 nitrogen and oxygen atoms in total. The number of hydrogen-bond donors (Lipinski definition) is 2. The monoisotopic (exact) mass is 257 g/mol. The minimum Gasteiger partial charge on any atom is -0.399 e. The Kier molecular flexibility index (Phi) is 5.03. The molecule has 6 heteroatoms. The molecule has 0 radical (unpaired) electrons. The van der Waals surface area contributed by atoms with Crippen molar-refractivity contribution in [3.8, 4) is 0 Å². The Morgan fingerprint density at radius 3 is 2.72 bits per heavy atom. The highest BCUT2D eigenvalue weighted by molar-refractivity contribution is 5.93. The second kappa shape index (κ2) is 6.30. The van der Waals surface area contributed by atoms with Crippen molar-refractivity contribution < 1.29 is 13.6 Å². The minimum absolute atomic E-state index is 0.0752. The van der Waals surface area contributed by atoms with Gasteiger partial charge in [-0.15, -0.1) is 0 Å². The molecule has 1 amide bonds. The third-order valence-electron chi connectivity index (χ3n) is 2.39. The third kappa shape index (κ3) is 4.67. The Morgan fingerprint density at radius 1 is 1.50 bits per heavy atom. The van der Waals surface area contributed by atoms with E-state index in [4.69, 9.17) is 5.73 Å². The zero-order chi connectivity index (χ0) is 13.7. The van der Waals surface area contributed by atoms with Gasteiger partial charge < -0.3 is 11.1 Å². The number of halogens is 2. The zero-order valence-corrected chi connectivity index (χ0v) is 10.4. The molecule has 0 bridgehead atoms. The van der Waals surface area contributed by atoms with E-state index >= 15 is 0 Å². The number of nitrogens with one attached hydrogen (secondary N) is 1. The number of hydrogen-bond acceptors (Lipinski definition) is 3. The van der Waals surface area contributed by atoms with Gasteiger partial charge in [-0.2, -0.15) is 0 Å². The van der Waals surface area contributed by atoms with Gasteiger partial charge in [0.2, 0.25) is 5.91 Å². The molecule has 0 saturated carbocycles. The lowest BCUT2D eigenvalue weighted by atomic mass is 10.2. The SMILES string of the molecule is Cc1cc(N)ccc1NC(=O)CN(C)CC(F)F. The van der Waals surface area contributed by atoms with Gasteiger partial charge in [0.05, 0.1) is 13.1 Å². The van der Waals surface area contributed by atoms with Crippen LogP contribution in [0.5, 0.6) is 0 Å². The molecule has 0 aliphatic heterocycles. The van der Waals surface area contributed by atoms with E-state index in [1.807, 2.05) is 6.92 Å². The van der Waals surface area contributed by atoms with Crippen molar-refractivity contribution in [3.63, 3.8) is 0 Å². The van der Waals surface area contributed by atoms with Crippen molar-refractivity contribution in [2.24, 2.45) is 0 Å². The van der Waals surface area contributed by atoms with Gasteiger partial charge in [-0.3, -0.25) is 9.69 Å². The van der Waals surface area contributed by atoms with E-state index in [1.54, 1.807) is 18.2 Å². The van der Waals surface area contributed by atoms with Crippen molar-refractivity contribution in [2.75, 3.05) is 31.2 Å². The number of nitrogens with zero attached hydrogens (tertiary/aromatic N) is 1. The highest BCUT2D eigenvalue weighted by Gasteiger charge is 2.12. The molecule has 1 rings (SSSR count). The number of carbonyl (C=O) groups is 1. The summed E-state index contributed by atoms with van der Waals surface area (Å²) in [5.74, 6) is -0.328. The van der Waals surface area contributed by atoms with Crippen molar-refractivity contribution in [1.29, 1.82) is 0 Å². The Morgan fingerprint density at radius 2 is 2.17 bits per heavy atom. The van der Waals surface area contributed by atoms with Gasteiger partial charge in [0.1, 0.15) is 0 Å². The van der Waals surface area contributed by atoms with E-state index in [0.29, 0.717) is 11.4 Å². The maximum Gasteiger partial charge on any atom is 0.251 e. The highest BCUT2D eigenvalue weighted by Crippen LogP contribution is 2.17. The Labute approximate surface area is 105 Å². The molecule has 0 atom stereocenters. The molecule has 18 heavy (non-hydrogen) atoms. The van der Waals surface area contributed by atoms with Gasteiger partial charge in [-0.25, -0.2) is 8.78 Å². The molecule has 1 aromatic carbocycles. The quantitative estimate of drug-likeness (QED) is 0.789. The van der Waals surface area contributed by atoms with Crippen LogP contribution < -0.4 is 11.1 Å².